The van der Waals surface area contributed by atoms with Crippen molar-refractivity contribution in [2.45, 2.75) is 20.8 Å². The Labute approximate surface area is 166 Å². The topological polar surface area (TPSA) is 73.9 Å². The molecule has 0 aliphatic rings. The predicted molar refractivity (Wildman–Crippen MR) is 114 cm³/mol. The van der Waals surface area contributed by atoms with Crippen molar-refractivity contribution in [2.75, 3.05) is 0 Å². The van der Waals surface area contributed by atoms with Gasteiger partial charge in [0.1, 0.15) is 11.1 Å². The fourth-order valence-corrected chi connectivity index (χ4v) is 4.11. The minimum atomic E-state index is -0.163. The van der Waals surface area contributed by atoms with Gasteiger partial charge in [-0.3, -0.25) is 9.89 Å². The molecule has 0 amide bonds. The van der Waals surface area contributed by atoms with Crippen LogP contribution in [0.2, 0.25) is 0 Å². The van der Waals surface area contributed by atoms with Gasteiger partial charge in [0.25, 0.3) is 5.56 Å². The van der Waals surface area contributed by atoms with Crippen molar-refractivity contribution in [3.63, 3.8) is 0 Å². The lowest BCUT2D eigenvalue weighted by Crippen LogP contribution is -2.17. The third-order valence-corrected chi connectivity index (χ3v) is 5.94. The number of hydrogen-bond donors (Lipinski definition) is 1. The quantitative estimate of drug-likeness (QED) is 0.507. The molecule has 2 heterocycles. The van der Waals surface area contributed by atoms with Crippen molar-refractivity contribution in [2.24, 2.45) is 4.99 Å². The molecule has 2 aromatic heterocycles. The van der Waals surface area contributed by atoms with Crippen molar-refractivity contribution in [1.82, 2.24) is 9.78 Å². The van der Waals surface area contributed by atoms with Crippen LogP contribution < -0.4 is 5.56 Å². The van der Waals surface area contributed by atoms with E-state index >= 15 is 0 Å². The van der Waals surface area contributed by atoms with Crippen LogP contribution in [0.15, 0.2) is 52.3 Å². The lowest BCUT2D eigenvalue weighted by molar-refractivity contribution is 0.833. The van der Waals surface area contributed by atoms with Crippen LogP contribution in [0.5, 0.6) is 0 Å². The molecule has 1 N–H and O–H groups in total. The summed E-state index contributed by atoms with van der Waals surface area (Å²) in [6.07, 6.45) is 1.55. The zero-order valence-corrected chi connectivity index (χ0v) is 16.6. The van der Waals surface area contributed by atoms with Crippen molar-refractivity contribution in [1.29, 1.82) is 5.26 Å². The smallest absolute Gasteiger partial charge is 0.280 e. The Hall–Kier alpha value is -3.43. The SMILES string of the molecule is Cc1ccc(-n2[nH]c(C)c(C=Nc3sc4ccccc4c3C#N)c2=O)cc1C. The number of fused-ring (bicyclic) bond motifs is 1. The highest BCUT2D eigenvalue weighted by atomic mass is 32.1. The molecule has 0 unspecified atom stereocenters. The zero-order valence-electron chi connectivity index (χ0n) is 15.8. The molecule has 0 bridgehead atoms. The first kappa shape index (κ1) is 18.0. The number of thiophene rings is 1. The molecule has 28 heavy (non-hydrogen) atoms. The summed E-state index contributed by atoms with van der Waals surface area (Å²) in [5.74, 6) is 0. The second-order valence-electron chi connectivity index (χ2n) is 6.71. The Morgan fingerprint density at radius 3 is 2.68 bits per heavy atom. The fraction of sp³-hybridized carbons (Fsp3) is 0.136. The van der Waals surface area contributed by atoms with E-state index in [1.807, 2.05) is 63.2 Å². The number of aromatic nitrogens is 2. The molecule has 0 spiro atoms. The van der Waals surface area contributed by atoms with Gasteiger partial charge in [-0.2, -0.15) is 5.26 Å². The largest absolute Gasteiger partial charge is 0.295 e. The van der Waals surface area contributed by atoms with Crippen LogP contribution in [-0.2, 0) is 0 Å². The second-order valence-corrected chi connectivity index (χ2v) is 7.74. The van der Waals surface area contributed by atoms with Crippen molar-refractivity contribution < 1.29 is 0 Å². The van der Waals surface area contributed by atoms with Gasteiger partial charge in [-0.1, -0.05) is 24.3 Å². The molecule has 4 aromatic rings. The van der Waals surface area contributed by atoms with Gasteiger partial charge >= 0.3 is 0 Å². The van der Waals surface area contributed by atoms with Gasteiger partial charge in [-0.25, -0.2) is 9.67 Å². The van der Waals surface area contributed by atoms with Crippen LogP contribution in [0.4, 0.5) is 5.00 Å². The minimum absolute atomic E-state index is 0.163. The van der Waals surface area contributed by atoms with Crippen LogP contribution in [0, 0.1) is 32.1 Å². The number of aliphatic imine (C=N–C) groups is 1. The van der Waals surface area contributed by atoms with E-state index in [1.165, 1.54) is 21.6 Å². The molecule has 0 saturated heterocycles. The highest BCUT2D eigenvalue weighted by molar-refractivity contribution is 7.22. The van der Waals surface area contributed by atoms with Crippen LogP contribution >= 0.6 is 11.3 Å². The summed E-state index contributed by atoms with van der Waals surface area (Å²) in [5, 5.41) is 14.1. The molecule has 6 heteroatoms. The summed E-state index contributed by atoms with van der Waals surface area (Å²) in [4.78, 5) is 17.4. The number of aryl methyl sites for hydroxylation is 3. The molecule has 5 nitrogen and oxygen atoms in total. The van der Waals surface area contributed by atoms with Crippen LogP contribution in [0.3, 0.4) is 0 Å². The van der Waals surface area contributed by atoms with E-state index in [-0.39, 0.29) is 5.56 Å². The Morgan fingerprint density at radius 2 is 1.93 bits per heavy atom. The minimum Gasteiger partial charge on any atom is -0.295 e. The zero-order chi connectivity index (χ0) is 19.8. The van der Waals surface area contributed by atoms with Crippen molar-refractivity contribution >= 4 is 32.6 Å². The van der Waals surface area contributed by atoms with Crippen LogP contribution in [-0.4, -0.2) is 16.0 Å². The van der Waals surface area contributed by atoms with Gasteiger partial charge in [-0.05, 0) is 50.1 Å². The molecular weight excluding hydrogens is 368 g/mol. The third kappa shape index (κ3) is 2.96. The number of nitrogens with zero attached hydrogens (tertiary/aromatic N) is 3. The second kappa shape index (κ2) is 6.95. The van der Waals surface area contributed by atoms with E-state index < -0.39 is 0 Å². The maximum absolute atomic E-state index is 12.9. The van der Waals surface area contributed by atoms with Crippen LogP contribution in [0.25, 0.3) is 15.8 Å². The number of nitriles is 1. The molecule has 0 aliphatic carbocycles. The Kier molecular flexibility index (Phi) is 4.46. The molecule has 4 rings (SSSR count). The van der Waals surface area contributed by atoms with Gasteiger partial charge < -0.3 is 0 Å². The first-order valence-electron chi connectivity index (χ1n) is 8.84. The number of rotatable bonds is 3. The van der Waals surface area contributed by atoms with E-state index in [4.69, 9.17) is 0 Å². The number of H-pyrrole nitrogens is 1. The van der Waals surface area contributed by atoms with Gasteiger partial charge in [-0.15, -0.1) is 11.3 Å². The van der Waals surface area contributed by atoms with Crippen molar-refractivity contribution in [3.05, 3.63) is 80.8 Å². The number of nitrogens with one attached hydrogen (secondary N) is 1. The maximum atomic E-state index is 12.9. The lowest BCUT2D eigenvalue weighted by Gasteiger charge is -2.05. The lowest BCUT2D eigenvalue weighted by atomic mass is 10.1. The molecule has 0 saturated carbocycles. The summed E-state index contributed by atoms with van der Waals surface area (Å²) < 4.78 is 2.53. The van der Waals surface area contributed by atoms with Gasteiger partial charge in [0, 0.05) is 22.0 Å². The van der Waals surface area contributed by atoms with E-state index in [1.54, 1.807) is 6.21 Å². The Morgan fingerprint density at radius 1 is 1.14 bits per heavy atom. The van der Waals surface area contributed by atoms with Crippen molar-refractivity contribution in [3.8, 4) is 11.8 Å². The molecule has 0 aliphatic heterocycles. The van der Waals surface area contributed by atoms with E-state index in [0.29, 0.717) is 16.1 Å². The van der Waals surface area contributed by atoms with Crippen LogP contribution in [0.1, 0.15) is 27.9 Å². The van der Waals surface area contributed by atoms with E-state index in [0.717, 1.165) is 27.0 Å². The average Bonchev–Trinajstić information content (AvgIpc) is 3.19. The normalized spacial score (nSPS) is 11.4. The highest BCUT2D eigenvalue weighted by Crippen LogP contribution is 2.36. The van der Waals surface area contributed by atoms with Gasteiger partial charge in [0.2, 0.25) is 0 Å². The number of aromatic amines is 1. The monoisotopic (exact) mass is 386 g/mol. The average molecular weight is 386 g/mol. The first-order chi connectivity index (χ1) is 13.5. The fourth-order valence-electron chi connectivity index (χ4n) is 3.11. The third-order valence-electron chi connectivity index (χ3n) is 4.87. The summed E-state index contributed by atoms with van der Waals surface area (Å²) in [6, 6.07) is 15.8. The molecule has 0 fully saturated rings. The molecular formula is C22H18N4OS. The predicted octanol–water partition coefficient (Wildman–Crippen LogP) is 4.93. The highest BCUT2D eigenvalue weighted by Gasteiger charge is 2.13. The van der Waals surface area contributed by atoms with Gasteiger partial charge in [0.05, 0.1) is 16.8 Å². The van der Waals surface area contributed by atoms with Gasteiger partial charge in [0.15, 0.2) is 0 Å². The molecule has 0 atom stereocenters. The molecule has 138 valence electrons. The standard InChI is InChI=1S/C22H18N4OS/c1-13-8-9-16(10-14(13)2)26-22(27)19(15(3)25-26)12-24-21-18(11-23)17-6-4-5-7-20(17)28-21/h4-10,12,25H,1-3H3. The molecule has 0 radical (unpaired) electrons. The maximum Gasteiger partial charge on any atom is 0.280 e. The summed E-state index contributed by atoms with van der Waals surface area (Å²) in [6.45, 7) is 5.90. The molecule has 2 aromatic carbocycles. The van der Waals surface area contributed by atoms with E-state index in [2.05, 4.69) is 16.2 Å². The first-order valence-corrected chi connectivity index (χ1v) is 9.66. The summed E-state index contributed by atoms with van der Waals surface area (Å²) >= 11 is 1.45. The summed E-state index contributed by atoms with van der Waals surface area (Å²) in [7, 11) is 0. The Bertz CT molecular complexity index is 1330. The van der Waals surface area contributed by atoms with E-state index in [9.17, 15) is 10.1 Å². The number of hydrogen-bond acceptors (Lipinski definition) is 4. The Balaban J connectivity index is 1.77. The summed E-state index contributed by atoms with van der Waals surface area (Å²) in [5.41, 5.74) is 4.68. The number of benzene rings is 2.